The highest BCUT2D eigenvalue weighted by molar-refractivity contribution is 6.04. The molecule has 3 aromatic rings. The Bertz CT molecular complexity index is 959. The molecule has 1 aromatic heterocycles. The number of hydrogen-bond acceptors (Lipinski definition) is 3. The maximum atomic E-state index is 12.4. The highest BCUT2D eigenvalue weighted by atomic mass is 16.1. The maximum Gasteiger partial charge on any atom is 0.251 e. The first-order chi connectivity index (χ1) is 12.1. The molecule has 2 aromatic carbocycles. The lowest BCUT2D eigenvalue weighted by molar-refractivity contribution is 0.0962. The van der Waals surface area contributed by atoms with Crippen molar-refractivity contribution in [2.45, 2.75) is 25.8 Å². The van der Waals surface area contributed by atoms with Crippen LogP contribution in [0.1, 0.15) is 39.8 Å². The standard InChI is InChI=1S/C20H22N4O/c1-12-22-19-17(24(12)3)11-15(20(25)21-2)14-9-10-16(23-18(14)19)13-7-5-4-6-8-13/h4-8,11,16,23H,9-10H2,1-3H3,(H,21,25)/t16-/m1/s1. The van der Waals surface area contributed by atoms with Gasteiger partial charge in [0.25, 0.3) is 5.91 Å². The van der Waals surface area contributed by atoms with E-state index in [1.165, 1.54) is 5.56 Å². The molecule has 128 valence electrons. The van der Waals surface area contributed by atoms with Gasteiger partial charge in [0, 0.05) is 19.7 Å². The van der Waals surface area contributed by atoms with Gasteiger partial charge in [0.1, 0.15) is 11.3 Å². The molecule has 1 aliphatic heterocycles. The van der Waals surface area contributed by atoms with E-state index in [4.69, 9.17) is 4.98 Å². The van der Waals surface area contributed by atoms with Crippen LogP contribution in [0.2, 0.25) is 0 Å². The Balaban J connectivity index is 1.90. The number of fused-ring (bicyclic) bond motifs is 3. The Labute approximate surface area is 147 Å². The predicted molar refractivity (Wildman–Crippen MR) is 100.0 cm³/mol. The van der Waals surface area contributed by atoms with Gasteiger partial charge in [-0.2, -0.15) is 0 Å². The van der Waals surface area contributed by atoms with Gasteiger partial charge in [-0.1, -0.05) is 30.3 Å². The molecule has 0 saturated heterocycles. The summed E-state index contributed by atoms with van der Waals surface area (Å²) >= 11 is 0. The third-order valence-corrected chi connectivity index (χ3v) is 5.18. The summed E-state index contributed by atoms with van der Waals surface area (Å²) in [5.41, 5.74) is 6.00. The molecule has 0 unspecified atom stereocenters. The van der Waals surface area contributed by atoms with Crippen LogP contribution in [-0.2, 0) is 13.5 Å². The lowest BCUT2D eigenvalue weighted by Gasteiger charge is -2.29. The second-order valence-corrected chi connectivity index (χ2v) is 6.59. The van der Waals surface area contributed by atoms with E-state index < -0.39 is 0 Å². The summed E-state index contributed by atoms with van der Waals surface area (Å²) in [6, 6.07) is 12.7. The van der Waals surface area contributed by atoms with Gasteiger partial charge >= 0.3 is 0 Å². The van der Waals surface area contributed by atoms with Crippen molar-refractivity contribution in [2.75, 3.05) is 12.4 Å². The number of aromatic nitrogens is 2. The molecular weight excluding hydrogens is 312 g/mol. The van der Waals surface area contributed by atoms with Gasteiger partial charge in [0.05, 0.1) is 17.2 Å². The van der Waals surface area contributed by atoms with Gasteiger partial charge in [-0.25, -0.2) is 4.98 Å². The Hall–Kier alpha value is -2.82. The minimum absolute atomic E-state index is 0.0445. The number of carbonyl (C=O) groups is 1. The third-order valence-electron chi connectivity index (χ3n) is 5.18. The monoisotopic (exact) mass is 334 g/mol. The van der Waals surface area contributed by atoms with Gasteiger partial charge < -0.3 is 15.2 Å². The van der Waals surface area contributed by atoms with Crippen LogP contribution in [-0.4, -0.2) is 22.5 Å². The van der Waals surface area contributed by atoms with Crippen molar-refractivity contribution in [2.24, 2.45) is 7.05 Å². The fourth-order valence-corrected chi connectivity index (χ4v) is 3.70. The topological polar surface area (TPSA) is 59.0 Å². The number of benzene rings is 2. The van der Waals surface area contributed by atoms with Crippen molar-refractivity contribution in [3.8, 4) is 0 Å². The van der Waals surface area contributed by atoms with Crippen molar-refractivity contribution in [1.29, 1.82) is 0 Å². The molecule has 5 nitrogen and oxygen atoms in total. The van der Waals surface area contributed by atoms with E-state index in [1.54, 1.807) is 7.05 Å². The minimum atomic E-state index is -0.0445. The maximum absolute atomic E-state index is 12.4. The first-order valence-corrected chi connectivity index (χ1v) is 8.62. The summed E-state index contributed by atoms with van der Waals surface area (Å²) < 4.78 is 2.04. The van der Waals surface area contributed by atoms with Crippen LogP contribution < -0.4 is 10.6 Å². The molecule has 0 aliphatic carbocycles. The number of rotatable bonds is 2. The molecule has 0 fully saturated rings. The smallest absolute Gasteiger partial charge is 0.251 e. The molecule has 0 spiro atoms. The summed E-state index contributed by atoms with van der Waals surface area (Å²) in [6.45, 7) is 1.99. The minimum Gasteiger partial charge on any atom is -0.376 e. The summed E-state index contributed by atoms with van der Waals surface area (Å²) in [4.78, 5) is 17.2. The zero-order valence-corrected chi connectivity index (χ0v) is 14.8. The van der Waals surface area contributed by atoms with Crippen LogP contribution >= 0.6 is 0 Å². The van der Waals surface area contributed by atoms with Gasteiger partial charge in [-0.3, -0.25) is 4.79 Å². The van der Waals surface area contributed by atoms with Crippen molar-refractivity contribution < 1.29 is 4.79 Å². The average Bonchev–Trinajstić information content (AvgIpc) is 2.95. The first kappa shape index (κ1) is 15.7. The Morgan fingerprint density at radius 3 is 2.80 bits per heavy atom. The number of nitrogens with zero attached hydrogens (tertiary/aromatic N) is 2. The molecule has 2 N–H and O–H groups in total. The predicted octanol–water partition coefficient (Wildman–Crippen LogP) is 3.34. The number of aryl methyl sites for hydroxylation is 2. The number of nitrogens with one attached hydrogen (secondary N) is 2. The van der Waals surface area contributed by atoms with E-state index in [1.807, 2.05) is 30.7 Å². The van der Waals surface area contributed by atoms with Gasteiger partial charge in [-0.15, -0.1) is 0 Å². The van der Waals surface area contributed by atoms with E-state index in [-0.39, 0.29) is 11.9 Å². The number of imidazole rings is 1. The molecule has 25 heavy (non-hydrogen) atoms. The SMILES string of the molecule is CNC(=O)c1cc2c(nc(C)n2C)c2c1CC[C@H](c1ccccc1)N2. The van der Waals surface area contributed by atoms with Crippen molar-refractivity contribution in [1.82, 2.24) is 14.9 Å². The number of hydrogen-bond donors (Lipinski definition) is 2. The molecule has 1 atom stereocenters. The third kappa shape index (κ3) is 2.47. The summed E-state index contributed by atoms with van der Waals surface area (Å²) in [6.07, 6.45) is 1.81. The van der Waals surface area contributed by atoms with Crippen molar-refractivity contribution in [3.63, 3.8) is 0 Å². The summed E-state index contributed by atoms with van der Waals surface area (Å²) in [7, 11) is 3.67. The van der Waals surface area contributed by atoms with E-state index in [0.29, 0.717) is 0 Å². The summed E-state index contributed by atoms with van der Waals surface area (Å²) in [5.74, 6) is 0.895. The fourth-order valence-electron chi connectivity index (χ4n) is 3.70. The quantitative estimate of drug-likeness (QED) is 0.756. The van der Waals surface area contributed by atoms with E-state index >= 15 is 0 Å². The molecule has 0 saturated carbocycles. The Morgan fingerprint density at radius 2 is 2.08 bits per heavy atom. The summed E-state index contributed by atoms with van der Waals surface area (Å²) in [5, 5.41) is 6.43. The number of amides is 1. The molecule has 0 bridgehead atoms. The van der Waals surface area contributed by atoms with Gasteiger partial charge in [0.15, 0.2) is 0 Å². The Kier molecular flexibility index (Phi) is 3.71. The highest BCUT2D eigenvalue weighted by Gasteiger charge is 2.27. The molecule has 0 radical (unpaired) electrons. The fraction of sp³-hybridized carbons (Fsp3) is 0.300. The second-order valence-electron chi connectivity index (χ2n) is 6.59. The van der Waals surface area contributed by atoms with Gasteiger partial charge in [0.2, 0.25) is 0 Å². The molecule has 2 heterocycles. The van der Waals surface area contributed by atoms with Crippen LogP contribution in [0.5, 0.6) is 0 Å². The van der Waals surface area contributed by atoms with Crippen LogP contribution in [0.25, 0.3) is 11.0 Å². The molecule has 5 heteroatoms. The molecule has 1 aliphatic rings. The zero-order valence-electron chi connectivity index (χ0n) is 14.8. The lowest BCUT2D eigenvalue weighted by Crippen LogP contribution is -2.24. The Morgan fingerprint density at radius 1 is 1.32 bits per heavy atom. The van der Waals surface area contributed by atoms with E-state index in [0.717, 1.165) is 46.5 Å². The first-order valence-electron chi connectivity index (χ1n) is 8.62. The van der Waals surface area contributed by atoms with Crippen LogP contribution in [0.3, 0.4) is 0 Å². The molecule has 1 amide bonds. The van der Waals surface area contributed by atoms with E-state index in [2.05, 4.69) is 34.9 Å². The van der Waals surface area contributed by atoms with E-state index in [9.17, 15) is 4.79 Å². The number of anilines is 1. The molecule has 4 rings (SSSR count). The second kappa shape index (κ2) is 5.92. The van der Waals surface area contributed by atoms with Crippen molar-refractivity contribution in [3.05, 3.63) is 58.9 Å². The lowest BCUT2D eigenvalue weighted by atomic mass is 9.89. The largest absolute Gasteiger partial charge is 0.376 e. The molecular formula is C20H22N4O. The van der Waals surface area contributed by atoms with Crippen molar-refractivity contribution >= 4 is 22.6 Å². The van der Waals surface area contributed by atoms with Gasteiger partial charge in [-0.05, 0) is 37.0 Å². The van der Waals surface area contributed by atoms with Crippen LogP contribution in [0.15, 0.2) is 36.4 Å². The number of carbonyl (C=O) groups excluding carboxylic acids is 1. The normalized spacial score (nSPS) is 16.4. The zero-order chi connectivity index (χ0) is 17.6. The highest BCUT2D eigenvalue weighted by Crippen LogP contribution is 2.39. The average molecular weight is 334 g/mol. The van der Waals surface area contributed by atoms with Crippen LogP contribution in [0, 0.1) is 6.92 Å². The van der Waals surface area contributed by atoms with Crippen LogP contribution in [0.4, 0.5) is 5.69 Å².